The van der Waals surface area contributed by atoms with Crippen LogP contribution in [0.2, 0.25) is 0 Å². The van der Waals surface area contributed by atoms with Crippen LogP contribution in [0.1, 0.15) is 37.3 Å². The molecule has 0 spiro atoms. The van der Waals surface area contributed by atoms with Crippen molar-refractivity contribution < 1.29 is 17.6 Å². The van der Waals surface area contributed by atoms with Crippen LogP contribution in [0.25, 0.3) is 0 Å². The Kier molecular flexibility index (Phi) is 6.56. The monoisotopic (exact) mass is 475 g/mol. The number of amides is 1. The second kappa shape index (κ2) is 9.24. The first-order valence-electron chi connectivity index (χ1n) is 11.3. The summed E-state index contributed by atoms with van der Waals surface area (Å²) in [5.74, 6) is 0.0113. The van der Waals surface area contributed by atoms with Crippen molar-refractivity contribution in [3.63, 3.8) is 0 Å². The van der Waals surface area contributed by atoms with Crippen molar-refractivity contribution in [2.45, 2.75) is 56.5 Å². The van der Waals surface area contributed by atoms with E-state index >= 15 is 0 Å². The number of benzene rings is 1. The third-order valence-electron chi connectivity index (χ3n) is 6.52. The van der Waals surface area contributed by atoms with Crippen LogP contribution in [0.4, 0.5) is 16.0 Å². The second-order valence-electron chi connectivity index (χ2n) is 8.85. The molecule has 1 atom stereocenters. The van der Waals surface area contributed by atoms with E-state index in [1.807, 2.05) is 17.3 Å². The standard InChI is InChI=1S/C23H30FN5O3S/c1-4-16-13-25-23(26-14-16)28-8-5-17(6-9-28)29-10-7-19(22(29)30)27-20-11-15(2)21(12-18(20)24)33(3,31)32/h11-14,17,19,27H,4-10H2,1-3H3. The molecule has 2 saturated heterocycles. The number of nitrogens with zero attached hydrogens (tertiary/aromatic N) is 4. The summed E-state index contributed by atoms with van der Waals surface area (Å²) < 4.78 is 38.2. The first-order valence-corrected chi connectivity index (χ1v) is 13.2. The molecule has 2 aliphatic heterocycles. The lowest BCUT2D eigenvalue weighted by Crippen LogP contribution is -2.47. The molecule has 2 aromatic rings. The molecular weight excluding hydrogens is 445 g/mol. The van der Waals surface area contributed by atoms with E-state index in [4.69, 9.17) is 0 Å². The number of hydrogen-bond donors (Lipinski definition) is 1. The fourth-order valence-electron chi connectivity index (χ4n) is 4.63. The summed E-state index contributed by atoms with van der Waals surface area (Å²) in [5, 5.41) is 3.00. The summed E-state index contributed by atoms with van der Waals surface area (Å²) in [6.45, 7) is 5.86. The van der Waals surface area contributed by atoms with Crippen LogP contribution < -0.4 is 10.2 Å². The lowest BCUT2D eigenvalue weighted by atomic mass is 10.0. The van der Waals surface area contributed by atoms with Crippen LogP contribution in [0, 0.1) is 12.7 Å². The predicted octanol–water partition coefficient (Wildman–Crippen LogP) is 2.57. The van der Waals surface area contributed by atoms with Crippen LogP contribution in [0.5, 0.6) is 0 Å². The van der Waals surface area contributed by atoms with Crippen molar-refractivity contribution in [2.24, 2.45) is 0 Å². The zero-order valence-electron chi connectivity index (χ0n) is 19.2. The molecule has 4 rings (SSSR count). The first kappa shape index (κ1) is 23.4. The zero-order chi connectivity index (χ0) is 23.8. The van der Waals surface area contributed by atoms with E-state index in [2.05, 4.69) is 27.1 Å². The average Bonchev–Trinajstić information content (AvgIpc) is 3.15. The number of nitrogens with one attached hydrogen (secondary N) is 1. The molecule has 1 aromatic carbocycles. The summed E-state index contributed by atoms with van der Waals surface area (Å²) in [6.07, 6.45) is 7.91. The molecule has 0 saturated carbocycles. The van der Waals surface area contributed by atoms with E-state index < -0.39 is 21.7 Å². The number of carbonyl (C=O) groups excluding carboxylic acids is 1. The number of rotatable bonds is 6. The van der Waals surface area contributed by atoms with Gasteiger partial charge < -0.3 is 15.1 Å². The third kappa shape index (κ3) is 4.95. The van der Waals surface area contributed by atoms with E-state index in [1.165, 1.54) is 6.07 Å². The number of carbonyl (C=O) groups is 1. The smallest absolute Gasteiger partial charge is 0.245 e. The molecular formula is C23H30FN5O3S. The van der Waals surface area contributed by atoms with Gasteiger partial charge in [0.25, 0.3) is 0 Å². The van der Waals surface area contributed by atoms with Gasteiger partial charge in [-0.15, -0.1) is 0 Å². The number of halogens is 1. The van der Waals surface area contributed by atoms with Gasteiger partial charge in [-0.2, -0.15) is 0 Å². The fourth-order valence-corrected chi connectivity index (χ4v) is 5.59. The van der Waals surface area contributed by atoms with E-state index in [1.54, 1.807) is 6.92 Å². The van der Waals surface area contributed by atoms with Crippen molar-refractivity contribution in [2.75, 3.05) is 36.1 Å². The maximum atomic E-state index is 14.6. The van der Waals surface area contributed by atoms with E-state index in [9.17, 15) is 17.6 Å². The Bertz CT molecular complexity index is 1130. The predicted molar refractivity (Wildman–Crippen MR) is 125 cm³/mol. The molecule has 0 radical (unpaired) electrons. The number of piperidine rings is 1. The number of sulfone groups is 1. The van der Waals surface area contributed by atoms with Crippen molar-refractivity contribution in [1.82, 2.24) is 14.9 Å². The molecule has 3 heterocycles. The molecule has 0 bridgehead atoms. The van der Waals surface area contributed by atoms with E-state index in [0.29, 0.717) is 18.5 Å². The molecule has 178 valence electrons. The number of anilines is 2. The Morgan fingerprint density at radius 3 is 2.39 bits per heavy atom. The Morgan fingerprint density at radius 2 is 1.79 bits per heavy atom. The molecule has 1 N–H and O–H groups in total. The lowest BCUT2D eigenvalue weighted by Gasteiger charge is -2.36. The number of hydrogen-bond acceptors (Lipinski definition) is 7. The first-order chi connectivity index (χ1) is 15.7. The molecule has 8 nitrogen and oxygen atoms in total. The Hall–Kier alpha value is -2.75. The van der Waals surface area contributed by atoms with Gasteiger partial charge in [0.1, 0.15) is 11.9 Å². The van der Waals surface area contributed by atoms with Gasteiger partial charge in [-0.1, -0.05) is 6.92 Å². The number of aryl methyl sites for hydroxylation is 2. The topological polar surface area (TPSA) is 95.5 Å². The summed E-state index contributed by atoms with van der Waals surface area (Å²) in [7, 11) is -3.52. The van der Waals surface area contributed by atoms with Crippen molar-refractivity contribution in [1.29, 1.82) is 0 Å². The minimum Gasteiger partial charge on any atom is -0.371 e. The summed E-state index contributed by atoms with van der Waals surface area (Å²) in [5.41, 5.74) is 1.71. The fraction of sp³-hybridized carbons (Fsp3) is 0.522. The van der Waals surface area contributed by atoms with Gasteiger partial charge in [0.15, 0.2) is 9.84 Å². The molecule has 1 amide bonds. The lowest BCUT2D eigenvalue weighted by molar-refractivity contribution is -0.130. The van der Waals surface area contributed by atoms with Gasteiger partial charge in [-0.05, 0) is 55.9 Å². The number of likely N-dealkylation sites (tertiary alicyclic amines) is 1. The number of aromatic nitrogens is 2. The second-order valence-corrected chi connectivity index (χ2v) is 10.8. The Balaban J connectivity index is 1.37. The Morgan fingerprint density at radius 1 is 1.12 bits per heavy atom. The third-order valence-corrected chi connectivity index (χ3v) is 7.76. The van der Waals surface area contributed by atoms with E-state index in [0.717, 1.165) is 56.2 Å². The molecule has 2 fully saturated rings. The van der Waals surface area contributed by atoms with E-state index in [-0.39, 0.29) is 22.5 Å². The molecule has 0 aliphatic carbocycles. The quantitative estimate of drug-likeness (QED) is 0.686. The molecule has 1 aromatic heterocycles. The SMILES string of the molecule is CCc1cnc(N2CCC(N3CCC(Nc4cc(C)c(S(C)(=O)=O)cc4F)C3=O)CC2)nc1. The van der Waals surface area contributed by atoms with Crippen LogP contribution in [0.15, 0.2) is 29.4 Å². The zero-order valence-corrected chi connectivity index (χ0v) is 20.0. The van der Waals surface area contributed by atoms with Crippen LogP contribution in [-0.4, -0.2) is 67.2 Å². The van der Waals surface area contributed by atoms with Crippen LogP contribution in [0.3, 0.4) is 0 Å². The van der Waals surface area contributed by atoms with Gasteiger partial charge in [0.2, 0.25) is 11.9 Å². The van der Waals surface area contributed by atoms with Crippen molar-refractivity contribution in [3.05, 3.63) is 41.5 Å². The Labute approximate surface area is 194 Å². The van der Waals surface area contributed by atoms with Gasteiger partial charge in [-0.25, -0.2) is 22.8 Å². The molecule has 2 aliphatic rings. The largest absolute Gasteiger partial charge is 0.371 e. The van der Waals surface area contributed by atoms with Gasteiger partial charge in [0.05, 0.1) is 10.6 Å². The molecule has 10 heteroatoms. The highest BCUT2D eigenvalue weighted by atomic mass is 32.2. The maximum absolute atomic E-state index is 14.6. The highest BCUT2D eigenvalue weighted by Crippen LogP contribution is 2.28. The molecule has 1 unspecified atom stereocenters. The van der Waals surface area contributed by atoms with Crippen LogP contribution in [-0.2, 0) is 21.1 Å². The van der Waals surface area contributed by atoms with Crippen molar-refractivity contribution in [3.8, 4) is 0 Å². The van der Waals surface area contributed by atoms with Gasteiger partial charge in [0, 0.05) is 44.3 Å². The maximum Gasteiger partial charge on any atom is 0.245 e. The summed E-state index contributed by atoms with van der Waals surface area (Å²) in [4.78, 5) is 26.0. The average molecular weight is 476 g/mol. The minimum absolute atomic E-state index is 0.0370. The highest BCUT2D eigenvalue weighted by Gasteiger charge is 2.37. The normalized spacial score (nSPS) is 19.9. The minimum atomic E-state index is -3.52. The molecule has 33 heavy (non-hydrogen) atoms. The van der Waals surface area contributed by atoms with Gasteiger partial charge in [-0.3, -0.25) is 4.79 Å². The highest BCUT2D eigenvalue weighted by molar-refractivity contribution is 7.90. The summed E-state index contributed by atoms with van der Waals surface area (Å²) in [6, 6.07) is 2.10. The van der Waals surface area contributed by atoms with Crippen molar-refractivity contribution >= 4 is 27.4 Å². The van der Waals surface area contributed by atoms with Crippen LogP contribution >= 0.6 is 0 Å². The van der Waals surface area contributed by atoms with Gasteiger partial charge >= 0.3 is 0 Å². The summed E-state index contributed by atoms with van der Waals surface area (Å²) >= 11 is 0.